The predicted octanol–water partition coefficient (Wildman–Crippen LogP) is 2.48. The molecule has 0 saturated carbocycles. The lowest BCUT2D eigenvalue weighted by Crippen LogP contribution is -2.35. The summed E-state index contributed by atoms with van der Waals surface area (Å²) in [5.74, 6) is 0. The molecule has 0 saturated heterocycles. The van der Waals surface area contributed by atoms with Gasteiger partial charge in [-0.2, -0.15) is 0 Å². The van der Waals surface area contributed by atoms with Crippen LogP contribution in [0.3, 0.4) is 0 Å². The van der Waals surface area contributed by atoms with Gasteiger partial charge in [0.25, 0.3) is 0 Å². The van der Waals surface area contributed by atoms with E-state index in [1.165, 1.54) is 0 Å². The summed E-state index contributed by atoms with van der Waals surface area (Å²) in [6.45, 7) is 14.1. The van der Waals surface area contributed by atoms with Crippen molar-refractivity contribution in [1.82, 2.24) is 15.3 Å². The molecule has 20 heavy (non-hydrogen) atoms. The highest BCUT2D eigenvalue weighted by Crippen LogP contribution is 2.10. The number of nitrogens with one attached hydrogen (secondary N) is 1. The molecular formula is C15H27N3O2. The lowest BCUT2D eigenvalue weighted by Gasteiger charge is -2.21. The van der Waals surface area contributed by atoms with Crippen LogP contribution in [-0.2, 0) is 11.3 Å². The minimum absolute atomic E-state index is 0.0792. The van der Waals surface area contributed by atoms with E-state index in [0.29, 0.717) is 19.2 Å². The second-order valence-corrected chi connectivity index (χ2v) is 6.13. The van der Waals surface area contributed by atoms with E-state index in [2.05, 4.69) is 36.1 Å². The minimum Gasteiger partial charge on any atom is -0.461 e. The van der Waals surface area contributed by atoms with Gasteiger partial charge in [-0.05, 0) is 41.5 Å². The smallest absolute Gasteiger partial charge is 0.316 e. The highest BCUT2D eigenvalue weighted by atomic mass is 16.5. The van der Waals surface area contributed by atoms with Gasteiger partial charge in [0.1, 0.15) is 6.61 Å². The first-order valence-corrected chi connectivity index (χ1v) is 7.10. The number of aromatic nitrogens is 2. The van der Waals surface area contributed by atoms with Gasteiger partial charge in [0.2, 0.25) is 0 Å². The van der Waals surface area contributed by atoms with Crippen molar-refractivity contribution in [2.45, 2.75) is 59.7 Å². The van der Waals surface area contributed by atoms with E-state index in [0.717, 1.165) is 17.8 Å². The number of nitrogens with zero attached hydrogens (tertiary/aromatic N) is 2. The number of hydrogen-bond acceptors (Lipinski definition) is 5. The predicted molar refractivity (Wildman–Crippen MR) is 79.9 cm³/mol. The third-order valence-corrected chi connectivity index (χ3v) is 2.63. The van der Waals surface area contributed by atoms with Gasteiger partial charge in [-0.15, -0.1) is 0 Å². The van der Waals surface area contributed by atoms with Crippen molar-refractivity contribution in [3.8, 4) is 6.01 Å². The molecule has 0 aliphatic carbocycles. The van der Waals surface area contributed by atoms with Crippen molar-refractivity contribution in [2.24, 2.45) is 0 Å². The first-order valence-electron chi connectivity index (χ1n) is 7.10. The fourth-order valence-corrected chi connectivity index (χ4v) is 1.49. The Morgan fingerprint density at radius 1 is 1.25 bits per heavy atom. The first kappa shape index (κ1) is 16.9. The SMILES string of the molecule is Cc1nc(OCCOC(C)C)ncc1CNC(C)(C)C. The van der Waals surface area contributed by atoms with Crippen LogP contribution in [0.2, 0.25) is 0 Å². The standard InChI is InChI=1S/C15H27N3O2/c1-11(2)19-7-8-20-14-16-9-13(12(3)18-14)10-17-15(4,5)6/h9,11,17H,7-8,10H2,1-6H3. The Balaban J connectivity index is 2.46. The topological polar surface area (TPSA) is 56.3 Å². The molecular weight excluding hydrogens is 254 g/mol. The van der Waals surface area contributed by atoms with E-state index in [1.54, 1.807) is 0 Å². The Kier molecular flexibility index (Phi) is 6.36. The zero-order valence-electron chi connectivity index (χ0n) is 13.5. The van der Waals surface area contributed by atoms with Gasteiger partial charge >= 0.3 is 6.01 Å². The molecule has 114 valence electrons. The maximum absolute atomic E-state index is 5.47. The number of hydrogen-bond donors (Lipinski definition) is 1. The monoisotopic (exact) mass is 281 g/mol. The molecule has 5 heteroatoms. The van der Waals surface area contributed by atoms with Crippen molar-refractivity contribution in [1.29, 1.82) is 0 Å². The van der Waals surface area contributed by atoms with E-state index in [-0.39, 0.29) is 11.6 Å². The normalized spacial score (nSPS) is 11.9. The summed E-state index contributed by atoms with van der Waals surface area (Å²) >= 11 is 0. The Hall–Kier alpha value is -1.20. The molecule has 1 aromatic heterocycles. The zero-order valence-corrected chi connectivity index (χ0v) is 13.5. The van der Waals surface area contributed by atoms with Crippen molar-refractivity contribution < 1.29 is 9.47 Å². The van der Waals surface area contributed by atoms with E-state index < -0.39 is 0 Å². The summed E-state index contributed by atoms with van der Waals surface area (Å²) < 4.78 is 10.9. The van der Waals surface area contributed by atoms with E-state index in [9.17, 15) is 0 Å². The molecule has 0 amide bonds. The number of aryl methyl sites for hydroxylation is 1. The number of rotatable bonds is 7. The van der Waals surface area contributed by atoms with E-state index in [4.69, 9.17) is 9.47 Å². The molecule has 0 spiro atoms. The Morgan fingerprint density at radius 2 is 1.95 bits per heavy atom. The third-order valence-electron chi connectivity index (χ3n) is 2.63. The molecule has 1 heterocycles. The molecule has 1 rings (SSSR count). The van der Waals surface area contributed by atoms with Crippen molar-refractivity contribution >= 4 is 0 Å². The molecule has 0 aromatic carbocycles. The van der Waals surface area contributed by atoms with Gasteiger partial charge in [-0.3, -0.25) is 0 Å². The second-order valence-electron chi connectivity index (χ2n) is 6.13. The summed E-state index contributed by atoms with van der Waals surface area (Å²) in [7, 11) is 0. The van der Waals surface area contributed by atoms with Crippen LogP contribution in [0.5, 0.6) is 6.01 Å². The molecule has 0 fully saturated rings. The third kappa shape index (κ3) is 6.82. The van der Waals surface area contributed by atoms with Crippen LogP contribution in [-0.4, -0.2) is 34.8 Å². The molecule has 0 bridgehead atoms. The van der Waals surface area contributed by atoms with Crippen LogP contribution in [0.4, 0.5) is 0 Å². The molecule has 0 radical (unpaired) electrons. The van der Waals surface area contributed by atoms with Crippen LogP contribution in [0.25, 0.3) is 0 Å². The number of ether oxygens (including phenoxy) is 2. The van der Waals surface area contributed by atoms with Crippen LogP contribution in [0, 0.1) is 6.92 Å². The molecule has 0 aliphatic rings. The average molecular weight is 281 g/mol. The quantitative estimate of drug-likeness (QED) is 0.778. The minimum atomic E-state index is 0.0792. The molecule has 0 aliphatic heterocycles. The van der Waals surface area contributed by atoms with Gasteiger partial charge in [0.15, 0.2) is 0 Å². The van der Waals surface area contributed by atoms with Gasteiger partial charge in [-0.25, -0.2) is 9.97 Å². The summed E-state index contributed by atoms with van der Waals surface area (Å²) in [5.41, 5.74) is 2.11. The van der Waals surface area contributed by atoms with Crippen LogP contribution >= 0.6 is 0 Å². The second kappa shape index (κ2) is 7.55. The first-order chi connectivity index (χ1) is 9.28. The average Bonchev–Trinajstić information content (AvgIpc) is 2.32. The van der Waals surface area contributed by atoms with Gasteiger partial charge in [0, 0.05) is 29.5 Å². The van der Waals surface area contributed by atoms with Crippen molar-refractivity contribution in [3.05, 3.63) is 17.5 Å². The van der Waals surface area contributed by atoms with Crippen LogP contribution < -0.4 is 10.1 Å². The Bertz CT molecular complexity index is 414. The van der Waals surface area contributed by atoms with Gasteiger partial charge < -0.3 is 14.8 Å². The summed E-state index contributed by atoms with van der Waals surface area (Å²) in [4.78, 5) is 8.59. The van der Waals surface area contributed by atoms with Crippen molar-refractivity contribution in [3.63, 3.8) is 0 Å². The fourth-order valence-electron chi connectivity index (χ4n) is 1.49. The highest BCUT2D eigenvalue weighted by molar-refractivity contribution is 5.17. The maximum atomic E-state index is 5.47. The summed E-state index contributed by atoms with van der Waals surface area (Å²) in [6.07, 6.45) is 2.03. The molecule has 0 unspecified atom stereocenters. The largest absolute Gasteiger partial charge is 0.461 e. The lowest BCUT2D eigenvalue weighted by atomic mass is 10.1. The molecule has 1 N–H and O–H groups in total. The fraction of sp³-hybridized carbons (Fsp3) is 0.733. The van der Waals surface area contributed by atoms with Crippen LogP contribution in [0.1, 0.15) is 45.9 Å². The lowest BCUT2D eigenvalue weighted by molar-refractivity contribution is 0.0530. The zero-order chi connectivity index (χ0) is 15.2. The van der Waals surface area contributed by atoms with Crippen LogP contribution in [0.15, 0.2) is 6.20 Å². The highest BCUT2D eigenvalue weighted by Gasteiger charge is 2.11. The van der Waals surface area contributed by atoms with E-state index >= 15 is 0 Å². The molecule has 5 nitrogen and oxygen atoms in total. The van der Waals surface area contributed by atoms with E-state index in [1.807, 2.05) is 27.0 Å². The van der Waals surface area contributed by atoms with Gasteiger partial charge in [-0.1, -0.05) is 0 Å². The summed E-state index contributed by atoms with van der Waals surface area (Å²) in [6, 6.07) is 0.411. The van der Waals surface area contributed by atoms with Gasteiger partial charge in [0.05, 0.1) is 12.7 Å². The Morgan fingerprint density at radius 3 is 2.50 bits per heavy atom. The van der Waals surface area contributed by atoms with Crippen molar-refractivity contribution in [2.75, 3.05) is 13.2 Å². The Labute approximate surface area is 122 Å². The molecule has 1 aromatic rings. The molecule has 0 atom stereocenters. The summed E-state index contributed by atoms with van der Waals surface area (Å²) in [5, 5.41) is 3.42. The maximum Gasteiger partial charge on any atom is 0.316 e.